The molecule has 0 radical (unpaired) electrons. The molecule has 0 spiro atoms. The van der Waals surface area contributed by atoms with Crippen molar-refractivity contribution in [2.75, 3.05) is 23.9 Å². The summed E-state index contributed by atoms with van der Waals surface area (Å²) in [5, 5.41) is 29.0. The first-order chi connectivity index (χ1) is 19.1. The van der Waals surface area contributed by atoms with E-state index in [-0.39, 0.29) is 5.41 Å². The first-order valence-electron chi connectivity index (χ1n) is 13.1. The molecule has 2 aromatic heterocycles. The molecule has 2 aliphatic rings. The first kappa shape index (κ1) is 27.1. The van der Waals surface area contributed by atoms with Crippen LogP contribution in [0, 0.1) is 40.9 Å². The number of rotatable bonds is 8. The molecule has 40 heavy (non-hydrogen) atoms. The number of fused-ring (bicyclic) bond motifs is 1. The Balaban J connectivity index is 1.61. The van der Waals surface area contributed by atoms with Crippen molar-refractivity contribution in [3.63, 3.8) is 0 Å². The minimum Gasteiger partial charge on any atom is -0.383 e. The van der Waals surface area contributed by atoms with Crippen molar-refractivity contribution in [1.82, 2.24) is 25.9 Å². The minimum atomic E-state index is -0.593. The van der Waals surface area contributed by atoms with Crippen LogP contribution < -0.4 is 21.6 Å². The normalized spacial score (nSPS) is 16.5. The summed E-state index contributed by atoms with van der Waals surface area (Å²) in [6.07, 6.45) is 4.74. The van der Waals surface area contributed by atoms with Crippen LogP contribution in [-0.4, -0.2) is 33.7 Å². The lowest BCUT2D eigenvalue weighted by molar-refractivity contribution is 0.146. The zero-order valence-corrected chi connectivity index (χ0v) is 22.9. The SMILES string of the molecule is Cc1nc(F)ccc1[C@H](Nc1cc(C#N)c2ncc(C#N)c(NCC(C)(C)C)c2c1)C1=CN(C2(CF)CC2)NN1. The molecule has 1 atom stereocenters. The quantitative estimate of drug-likeness (QED) is 0.287. The summed E-state index contributed by atoms with van der Waals surface area (Å²) in [5.41, 5.74) is 9.74. The molecule has 1 aliphatic carbocycles. The average Bonchev–Trinajstić information content (AvgIpc) is 3.57. The van der Waals surface area contributed by atoms with E-state index < -0.39 is 24.2 Å². The Morgan fingerprint density at radius 1 is 1.18 bits per heavy atom. The highest BCUT2D eigenvalue weighted by Gasteiger charge is 2.49. The molecule has 1 fully saturated rings. The van der Waals surface area contributed by atoms with Gasteiger partial charge in [-0.3, -0.25) is 9.99 Å². The molecule has 3 aromatic rings. The van der Waals surface area contributed by atoms with Crippen LogP contribution in [0.3, 0.4) is 0 Å². The number of hydrogen-bond acceptors (Lipinski definition) is 9. The van der Waals surface area contributed by atoms with E-state index in [1.54, 1.807) is 24.1 Å². The number of aromatic nitrogens is 2. The zero-order chi connectivity index (χ0) is 28.7. The average molecular weight is 544 g/mol. The summed E-state index contributed by atoms with van der Waals surface area (Å²) in [4.78, 5) is 8.43. The first-order valence-corrected chi connectivity index (χ1v) is 13.1. The van der Waals surface area contributed by atoms with Gasteiger partial charge in [0.25, 0.3) is 0 Å². The minimum absolute atomic E-state index is 0.0630. The van der Waals surface area contributed by atoms with Gasteiger partial charge in [-0.1, -0.05) is 26.8 Å². The number of hydrazine groups is 2. The molecule has 0 saturated heterocycles. The van der Waals surface area contributed by atoms with E-state index in [0.717, 1.165) is 12.8 Å². The van der Waals surface area contributed by atoms with Crippen molar-refractivity contribution in [3.05, 3.63) is 70.7 Å². The Hall–Kier alpha value is -4.48. The second kappa shape index (κ2) is 10.2. The third-order valence-electron chi connectivity index (χ3n) is 7.21. The number of hydrogen-bond donors (Lipinski definition) is 4. The molecular formula is C29H31F2N9. The Bertz CT molecular complexity index is 1580. The van der Waals surface area contributed by atoms with E-state index in [1.165, 1.54) is 12.3 Å². The van der Waals surface area contributed by atoms with Gasteiger partial charge in [0, 0.05) is 41.3 Å². The van der Waals surface area contributed by atoms with Crippen molar-refractivity contribution in [3.8, 4) is 12.1 Å². The van der Waals surface area contributed by atoms with Gasteiger partial charge in [-0.15, -0.1) is 5.53 Å². The van der Waals surface area contributed by atoms with Gasteiger partial charge in [0.15, 0.2) is 0 Å². The van der Waals surface area contributed by atoms with Crippen LogP contribution in [0.1, 0.15) is 62.0 Å². The lowest BCUT2D eigenvalue weighted by Gasteiger charge is -2.24. The molecule has 11 heteroatoms. The topological polar surface area (TPSA) is 125 Å². The molecule has 1 aromatic carbocycles. The summed E-state index contributed by atoms with van der Waals surface area (Å²) in [6, 6.07) is 10.4. The highest BCUT2D eigenvalue weighted by Crippen LogP contribution is 2.43. The second-order valence-corrected chi connectivity index (χ2v) is 11.5. The van der Waals surface area contributed by atoms with Crippen molar-refractivity contribution in [2.24, 2.45) is 5.41 Å². The fourth-order valence-corrected chi connectivity index (χ4v) is 4.75. The van der Waals surface area contributed by atoms with Gasteiger partial charge in [0.2, 0.25) is 5.95 Å². The molecule has 4 N–H and O–H groups in total. The number of benzene rings is 1. The van der Waals surface area contributed by atoms with E-state index in [4.69, 9.17) is 0 Å². The number of pyridine rings is 2. The second-order valence-electron chi connectivity index (χ2n) is 11.5. The highest BCUT2D eigenvalue weighted by molar-refractivity contribution is 5.99. The lowest BCUT2D eigenvalue weighted by atomic mass is 9.96. The maximum atomic E-state index is 13.9. The maximum Gasteiger partial charge on any atom is 0.213 e. The molecule has 0 unspecified atom stereocenters. The Labute approximate surface area is 231 Å². The molecule has 1 aliphatic heterocycles. The monoisotopic (exact) mass is 543 g/mol. The van der Waals surface area contributed by atoms with E-state index in [0.29, 0.717) is 56.9 Å². The fraction of sp³-hybridized carbons (Fsp3) is 0.379. The van der Waals surface area contributed by atoms with E-state index in [2.05, 4.69) is 64.5 Å². The third kappa shape index (κ3) is 5.21. The van der Waals surface area contributed by atoms with Crippen LogP contribution in [0.4, 0.5) is 20.2 Å². The summed E-state index contributed by atoms with van der Waals surface area (Å²) in [7, 11) is 0. The number of nitriles is 2. The number of aryl methyl sites for hydroxylation is 1. The van der Waals surface area contributed by atoms with E-state index in [1.807, 2.05) is 12.3 Å². The molecule has 1 saturated carbocycles. The Morgan fingerprint density at radius 2 is 1.93 bits per heavy atom. The summed E-state index contributed by atoms with van der Waals surface area (Å²) in [6.45, 7) is 8.08. The standard InChI is InChI=1S/C29H31F2N9/c1-17-21(5-6-24(31)36-17)27(23-14-40(39-38-23)29(15-30)7-8-29)37-20-9-18(11-32)25-22(10-20)26(19(12-33)13-34-25)35-16-28(2,3)4/h5-6,9-10,13-14,27,37-39H,7-8,15-16H2,1-4H3,(H,34,35)/t27-/m0/s1. The van der Waals surface area contributed by atoms with E-state index in [9.17, 15) is 19.3 Å². The van der Waals surface area contributed by atoms with Crippen molar-refractivity contribution in [1.29, 1.82) is 10.5 Å². The number of anilines is 2. The maximum absolute atomic E-state index is 13.9. The van der Waals surface area contributed by atoms with E-state index >= 15 is 0 Å². The molecule has 206 valence electrons. The fourth-order valence-electron chi connectivity index (χ4n) is 4.75. The highest BCUT2D eigenvalue weighted by atomic mass is 19.1. The molecule has 3 heterocycles. The number of alkyl halides is 1. The molecular weight excluding hydrogens is 512 g/mol. The largest absolute Gasteiger partial charge is 0.383 e. The van der Waals surface area contributed by atoms with Crippen LogP contribution in [-0.2, 0) is 0 Å². The van der Waals surface area contributed by atoms with Gasteiger partial charge >= 0.3 is 0 Å². The molecule has 5 rings (SSSR count). The van der Waals surface area contributed by atoms with Gasteiger partial charge in [-0.2, -0.15) is 14.9 Å². The lowest BCUT2D eigenvalue weighted by Crippen LogP contribution is -2.46. The van der Waals surface area contributed by atoms with Gasteiger partial charge in [0.05, 0.1) is 39.6 Å². The molecule has 9 nitrogen and oxygen atoms in total. The summed E-state index contributed by atoms with van der Waals surface area (Å²) < 4.78 is 27.7. The van der Waals surface area contributed by atoms with Crippen LogP contribution in [0.5, 0.6) is 0 Å². The number of halogens is 2. The van der Waals surface area contributed by atoms with Crippen LogP contribution in [0.2, 0.25) is 0 Å². The van der Waals surface area contributed by atoms with Gasteiger partial charge in [-0.05, 0) is 43.4 Å². The van der Waals surface area contributed by atoms with Gasteiger partial charge in [-0.25, -0.2) is 9.37 Å². The summed E-state index contributed by atoms with van der Waals surface area (Å²) >= 11 is 0. The Morgan fingerprint density at radius 3 is 2.55 bits per heavy atom. The smallest absolute Gasteiger partial charge is 0.213 e. The molecule has 0 bridgehead atoms. The van der Waals surface area contributed by atoms with Crippen LogP contribution in [0.25, 0.3) is 10.9 Å². The van der Waals surface area contributed by atoms with Crippen molar-refractivity contribution >= 4 is 22.3 Å². The molecule has 0 amide bonds. The van der Waals surface area contributed by atoms with Crippen LogP contribution >= 0.6 is 0 Å². The van der Waals surface area contributed by atoms with Crippen LogP contribution in [0.15, 0.2) is 42.4 Å². The Kier molecular flexibility index (Phi) is 6.94. The number of nitrogens with zero attached hydrogens (tertiary/aromatic N) is 5. The number of nitrogens with one attached hydrogen (secondary N) is 4. The third-order valence-corrected chi connectivity index (χ3v) is 7.21. The predicted molar refractivity (Wildman–Crippen MR) is 149 cm³/mol. The van der Waals surface area contributed by atoms with Crippen molar-refractivity contribution in [2.45, 2.75) is 52.1 Å². The van der Waals surface area contributed by atoms with Gasteiger partial charge < -0.3 is 16.1 Å². The summed E-state index contributed by atoms with van der Waals surface area (Å²) in [5.74, 6) is -0.593. The predicted octanol–water partition coefficient (Wildman–Crippen LogP) is 5.10. The zero-order valence-electron chi connectivity index (χ0n) is 22.9. The van der Waals surface area contributed by atoms with Crippen molar-refractivity contribution < 1.29 is 8.78 Å². The van der Waals surface area contributed by atoms with Gasteiger partial charge in [0.1, 0.15) is 18.8 Å².